The molecule has 0 amide bonds. The summed E-state index contributed by atoms with van der Waals surface area (Å²) < 4.78 is 55.9. The van der Waals surface area contributed by atoms with Crippen LogP contribution < -0.4 is 14.2 Å². The summed E-state index contributed by atoms with van der Waals surface area (Å²) >= 11 is 6.31. The van der Waals surface area contributed by atoms with Crippen LogP contribution >= 0.6 is 11.6 Å². The lowest BCUT2D eigenvalue weighted by Gasteiger charge is -2.25. The van der Waals surface area contributed by atoms with E-state index in [2.05, 4.69) is 4.74 Å². The molecule has 1 aromatic heterocycles. The number of rotatable bonds is 10. The van der Waals surface area contributed by atoms with E-state index in [4.69, 9.17) is 21.1 Å². The quantitative estimate of drug-likeness (QED) is 0.194. The van der Waals surface area contributed by atoms with Gasteiger partial charge in [-0.1, -0.05) is 24.6 Å². The van der Waals surface area contributed by atoms with E-state index >= 15 is 0 Å². The highest BCUT2D eigenvalue weighted by molar-refractivity contribution is 6.32. The van der Waals surface area contributed by atoms with Gasteiger partial charge < -0.3 is 23.9 Å². The Morgan fingerprint density at radius 3 is 2.22 bits per heavy atom. The minimum atomic E-state index is -4.90. The van der Waals surface area contributed by atoms with Gasteiger partial charge in [-0.25, -0.2) is 4.79 Å². The number of nitrogens with zero attached hydrogens (tertiary/aromatic N) is 1. The van der Waals surface area contributed by atoms with Gasteiger partial charge in [0.15, 0.2) is 5.78 Å². The molecule has 7 nitrogen and oxygen atoms in total. The Kier molecular flexibility index (Phi) is 8.26. The lowest BCUT2D eigenvalue weighted by molar-refractivity contribution is -0.274. The van der Waals surface area contributed by atoms with E-state index in [1.807, 2.05) is 0 Å². The Hall–Kier alpha value is -4.18. The number of hydrogen-bond acceptors (Lipinski definition) is 5. The summed E-state index contributed by atoms with van der Waals surface area (Å²) in [6.07, 6.45) is -4.73. The number of alkyl halides is 3. The number of halogens is 4. The molecule has 0 radical (unpaired) electrons. The maximum absolute atomic E-state index is 13.7. The van der Waals surface area contributed by atoms with Gasteiger partial charge in [0.05, 0.1) is 23.2 Å². The summed E-state index contributed by atoms with van der Waals surface area (Å²) in [5.41, 5.74) is 0.615. The standard InChI is InChI=1S/C30H27ClF3NO6/c1-5-29(3,28(37)38)41-25-14-18(6-13-23(25)31)16-35-17(2)26(27(36)19-7-9-20(39-4)10-8-19)22-12-11-21(15-24(22)35)40-30(32,33)34/h6-15H,5,16H2,1-4H3,(H,37,38). The molecule has 4 rings (SSSR count). The zero-order valence-electron chi connectivity index (χ0n) is 22.6. The fourth-order valence-electron chi connectivity index (χ4n) is 4.45. The number of fused-ring (bicyclic) bond motifs is 1. The number of carboxylic acids is 1. The fraction of sp³-hybridized carbons (Fsp3) is 0.267. The third-order valence-corrected chi connectivity index (χ3v) is 7.22. The van der Waals surface area contributed by atoms with Crippen LogP contribution in [0.25, 0.3) is 10.9 Å². The van der Waals surface area contributed by atoms with E-state index in [1.54, 1.807) is 60.9 Å². The van der Waals surface area contributed by atoms with Gasteiger partial charge in [0.1, 0.15) is 17.2 Å². The van der Waals surface area contributed by atoms with Crippen molar-refractivity contribution in [3.63, 3.8) is 0 Å². The van der Waals surface area contributed by atoms with Gasteiger partial charge in [0, 0.05) is 29.3 Å². The third-order valence-electron chi connectivity index (χ3n) is 6.91. The molecule has 1 N–H and O–H groups in total. The number of benzene rings is 3. The smallest absolute Gasteiger partial charge is 0.497 e. The number of carboxylic acid groups (broad SMARTS) is 1. The predicted molar refractivity (Wildman–Crippen MR) is 147 cm³/mol. The highest BCUT2D eigenvalue weighted by atomic mass is 35.5. The fourth-order valence-corrected chi connectivity index (χ4v) is 4.60. The van der Waals surface area contributed by atoms with Crippen LogP contribution in [0.1, 0.15) is 47.4 Å². The molecular weight excluding hydrogens is 563 g/mol. The zero-order chi connectivity index (χ0) is 30.1. The lowest BCUT2D eigenvalue weighted by Crippen LogP contribution is -2.40. The molecule has 0 aliphatic carbocycles. The van der Waals surface area contributed by atoms with Crippen molar-refractivity contribution >= 4 is 34.3 Å². The van der Waals surface area contributed by atoms with Gasteiger partial charge in [0.25, 0.3) is 0 Å². The van der Waals surface area contributed by atoms with Crippen LogP contribution in [0.3, 0.4) is 0 Å². The first-order valence-electron chi connectivity index (χ1n) is 12.5. The number of aliphatic carboxylic acids is 1. The second-order valence-corrected chi connectivity index (χ2v) is 9.99. The van der Waals surface area contributed by atoms with Gasteiger partial charge in [0.2, 0.25) is 5.60 Å². The predicted octanol–water partition coefficient (Wildman–Crippen LogP) is 7.42. The van der Waals surface area contributed by atoms with Crippen molar-refractivity contribution in [1.82, 2.24) is 4.57 Å². The summed E-state index contributed by atoms with van der Waals surface area (Å²) in [5, 5.41) is 10.3. The average Bonchev–Trinajstić information content (AvgIpc) is 3.19. The van der Waals surface area contributed by atoms with Gasteiger partial charge >= 0.3 is 12.3 Å². The zero-order valence-corrected chi connectivity index (χ0v) is 23.4. The summed E-state index contributed by atoms with van der Waals surface area (Å²) in [7, 11) is 1.51. The van der Waals surface area contributed by atoms with Crippen molar-refractivity contribution in [3.8, 4) is 17.2 Å². The molecule has 216 valence electrons. The van der Waals surface area contributed by atoms with E-state index in [0.29, 0.717) is 39.0 Å². The number of methoxy groups -OCH3 is 1. The van der Waals surface area contributed by atoms with Crippen LogP contribution in [0.2, 0.25) is 5.02 Å². The Labute approximate surface area is 239 Å². The summed E-state index contributed by atoms with van der Waals surface area (Å²) in [6, 6.07) is 15.1. The molecule has 4 aromatic rings. The average molecular weight is 590 g/mol. The number of carbonyl (C=O) groups is 2. The topological polar surface area (TPSA) is 87.0 Å². The molecule has 0 saturated carbocycles. The minimum absolute atomic E-state index is 0.108. The number of hydrogen-bond donors (Lipinski definition) is 1. The molecule has 0 spiro atoms. The first-order valence-corrected chi connectivity index (χ1v) is 12.9. The molecule has 41 heavy (non-hydrogen) atoms. The first kappa shape index (κ1) is 29.8. The molecule has 1 heterocycles. The van der Waals surface area contributed by atoms with Crippen molar-refractivity contribution in [3.05, 3.63) is 88.1 Å². The van der Waals surface area contributed by atoms with Gasteiger partial charge in [-0.2, -0.15) is 0 Å². The molecule has 1 atom stereocenters. The summed E-state index contributed by atoms with van der Waals surface area (Å²) in [5.74, 6) is -1.21. The molecule has 0 bridgehead atoms. The molecule has 0 aliphatic heterocycles. The van der Waals surface area contributed by atoms with E-state index in [1.165, 1.54) is 26.2 Å². The molecule has 1 unspecified atom stereocenters. The van der Waals surface area contributed by atoms with Crippen LogP contribution in [0.5, 0.6) is 17.2 Å². The van der Waals surface area contributed by atoms with Gasteiger partial charge in [-0.05, 0) is 74.4 Å². The van der Waals surface area contributed by atoms with Crippen LogP contribution in [0.15, 0.2) is 60.7 Å². The summed E-state index contributed by atoms with van der Waals surface area (Å²) in [4.78, 5) is 25.4. The van der Waals surface area contributed by atoms with Crippen molar-refractivity contribution < 1.29 is 42.1 Å². The second kappa shape index (κ2) is 11.4. The first-order chi connectivity index (χ1) is 19.3. The molecular formula is C30H27ClF3NO6. The number of aromatic nitrogens is 1. The number of ether oxygens (including phenoxy) is 3. The van der Waals surface area contributed by atoms with Crippen molar-refractivity contribution in [2.45, 2.75) is 45.7 Å². The third kappa shape index (κ3) is 6.27. The van der Waals surface area contributed by atoms with Crippen LogP contribution in [0.4, 0.5) is 13.2 Å². The number of ketones is 1. The Balaban J connectivity index is 1.83. The Bertz CT molecular complexity index is 1610. The molecule has 0 aliphatic rings. The molecule has 11 heteroatoms. The van der Waals surface area contributed by atoms with E-state index in [9.17, 15) is 27.9 Å². The molecule has 3 aromatic carbocycles. The van der Waals surface area contributed by atoms with Crippen molar-refractivity contribution in [2.75, 3.05) is 7.11 Å². The highest BCUT2D eigenvalue weighted by Gasteiger charge is 2.34. The second-order valence-electron chi connectivity index (χ2n) is 9.59. The highest BCUT2D eigenvalue weighted by Crippen LogP contribution is 2.35. The Morgan fingerprint density at radius 2 is 1.63 bits per heavy atom. The minimum Gasteiger partial charge on any atom is -0.497 e. The number of carbonyl (C=O) groups excluding carboxylic acids is 1. The van der Waals surface area contributed by atoms with E-state index in [0.717, 1.165) is 6.07 Å². The van der Waals surface area contributed by atoms with E-state index < -0.39 is 23.7 Å². The molecule has 0 fully saturated rings. The Morgan fingerprint density at radius 1 is 0.976 bits per heavy atom. The van der Waals surface area contributed by atoms with Gasteiger partial charge in [-0.15, -0.1) is 13.2 Å². The van der Waals surface area contributed by atoms with E-state index in [-0.39, 0.29) is 29.5 Å². The maximum atomic E-state index is 13.7. The lowest BCUT2D eigenvalue weighted by atomic mass is 10.0. The van der Waals surface area contributed by atoms with Crippen LogP contribution in [-0.2, 0) is 11.3 Å². The van der Waals surface area contributed by atoms with Crippen molar-refractivity contribution in [2.24, 2.45) is 0 Å². The van der Waals surface area contributed by atoms with Gasteiger partial charge in [-0.3, -0.25) is 4.79 Å². The van der Waals surface area contributed by atoms with Crippen molar-refractivity contribution in [1.29, 1.82) is 0 Å². The SMILES string of the molecule is CCC(C)(Oc1cc(Cn2c(C)c(C(=O)c3ccc(OC)cc3)c3ccc(OC(F)(F)F)cc32)ccc1Cl)C(=O)O. The largest absolute Gasteiger partial charge is 0.573 e. The normalized spacial score (nSPS) is 13.1. The maximum Gasteiger partial charge on any atom is 0.573 e. The van der Waals surface area contributed by atoms with Crippen LogP contribution in [0, 0.1) is 6.92 Å². The summed E-state index contributed by atoms with van der Waals surface area (Å²) in [6.45, 7) is 4.91. The molecule has 0 saturated heterocycles. The van der Waals surface area contributed by atoms with Crippen LogP contribution in [-0.4, -0.2) is 40.5 Å². The monoisotopic (exact) mass is 589 g/mol.